The lowest BCUT2D eigenvalue weighted by atomic mass is 9.80. The molecule has 5 heteroatoms. The maximum Gasteiger partial charge on any atom is 0.253 e. The van der Waals surface area contributed by atoms with Gasteiger partial charge in [0.05, 0.1) is 6.04 Å². The molecule has 2 aromatic rings. The Balaban J connectivity index is 1.66. The van der Waals surface area contributed by atoms with Crippen LogP contribution in [0.3, 0.4) is 0 Å². The van der Waals surface area contributed by atoms with E-state index < -0.39 is 0 Å². The number of rotatable bonds is 4. The first-order valence-electron chi connectivity index (χ1n) is 10.4. The Morgan fingerprint density at radius 2 is 1.69 bits per heavy atom. The van der Waals surface area contributed by atoms with E-state index in [-0.39, 0.29) is 29.8 Å². The van der Waals surface area contributed by atoms with E-state index in [1.54, 1.807) is 25.9 Å². The molecule has 0 spiro atoms. The standard InChI is InChI=1S/C24H29N3O2/c1-15-22(25-19-13-11-18(12-14-19)24(29)26(3)4)20-7-5-6-8-21(20)27(16(2)28)23(15)17-9-10-17/h5-8,11-15,17,22-23,25H,9-10H2,1-4H3/t15-,22-,23-/m1/s1. The first kappa shape index (κ1) is 19.5. The van der Waals surface area contributed by atoms with Gasteiger partial charge >= 0.3 is 0 Å². The highest BCUT2D eigenvalue weighted by atomic mass is 16.2. The average Bonchev–Trinajstić information content (AvgIpc) is 3.54. The quantitative estimate of drug-likeness (QED) is 0.844. The Labute approximate surface area is 172 Å². The summed E-state index contributed by atoms with van der Waals surface area (Å²) in [6, 6.07) is 16.2. The number of anilines is 2. The number of carbonyl (C=O) groups excluding carboxylic acids is 2. The molecule has 0 saturated heterocycles. The topological polar surface area (TPSA) is 52.7 Å². The minimum Gasteiger partial charge on any atom is -0.378 e. The number of benzene rings is 2. The molecule has 0 bridgehead atoms. The monoisotopic (exact) mass is 391 g/mol. The molecular weight excluding hydrogens is 362 g/mol. The SMILES string of the molecule is CC(=O)N1c2ccccc2[C@H](Nc2ccc(C(=O)N(C)C)cc2)[C@@H](C)[C@@H]1C1CC1. The van der Waals surface area contributed by atoms with Crippen LogP contribution in [0.1, 0.15) is 48.7 Å². The summed E-state index contributed by atoms with van der Waals surface area (Å²) in [4.78, 5) is 28.3. The van der Waals surface area contributed by atoms with Crippen molar-refractivity contribution in [2.45, 2.75) is 38.8 Å². The van der Waals surface area contributed by atoms with Gasteiger partial charge in [0.15, 0.2) is 0 Å². The van der Waals surface area contributed by atoms with Crippen molar-refractivity contribution in [1.29, 1.82) is 0 Å². The van der Waals surface area contributed by atoms with E-state index in [1.165, 1.54) is 12.8 Å². The lowest BCUT2D eigenvalue weighted by Gasteiger charge is -2.46. The van der Waals surface area contributed by atoms with Crippen molar-refractivity contribution in [3.8, 4) is 0 Å². The molecule has 3 atom stereocenters. The Morgan fingerprint density at radius 3 is 2.28 bits per heavy atom. The summed E-state index contributed by atoms with van der Waals surface area (Å²) in [5.74, 6) is 0.973. The number of fused-ring (bicyclic) bond motifs is 1. The van der Waals surface area contributed by atoms with Crippen LogP contribution in [0.25, 0.3) is 0 Å². The molecule has 2 amide bonds. The summed E-state index contributed by atoms with van der Waals surface area (Å²) in [5, 5.41) is 3.69. The van der Waals surface area contributed by atoms with E-state index >= 15 is 0 Å². The minimum atomic E-state index is -0.00109. The number of carbonyl (C=O) groups is 2. The zero-order chi connectivity index (χ0) is 20.7. The number of hydrogen-bond donors (Lipinski definition) is 1. The minimum absolute atomic E-state index is 0.00109. The first-order valence-corrected chi connectivity index (χ1v) is 10.4. The Bertz CT molecular complexity index is 918. The molecule has 152 valence electrons. The van der Waals surface area contributed by atoms with Crippen molar-refractivity contribution in [1.82, 2.24) is 4.90 Å². The molecule has 5 nitrogen and oxygen atoms in total. The van der Waals surface area contributed by atoms with Gasteiger partial charge in [0.25, 0.3) is 5.91 Å². The molecule has 29 heavy (non-hydrogen) atoms. The summed E-state index contributed by atoms with van der Waals surface area (Å²) in [6.07, 6.45) is 2.38. The van der Waals surface area contributed by atoms with Crippen molar-refractivity contribution in [3.63, 3.8) is 0 Å². The Morgan fingerprint density at radius 1 is 1.03 bits per heavy atom. The zero-order valence-corrected chi connectivity index (χ0v) is 17.6. The fourth-order valence-electron chi connectivity index (χ4n) is 4.66. The van der Waals surface area contributed by atoms with Gasteiger partial charge in [-0.05, 0) is 54.7 Å². The van der Waals surface area contributed by atoms with Crippen LogP contribution in [0.15, 0.2) is 48.5 Å². The van der Waals surface area contributed by atoms with Crippen LogP contribution in [0.4, 0.5) is 11.4 Å². The molecule has 1 aliphatic heterocycles. The summed E-state index contributed by atoms with van der Waals surface area (Å²) < 4.78 is 0. The highest BCUT2D eigenvalue weighted by Gasteiger charge is 2.47. The van der Waals surface area contributed by atoms with Crippen molar-refractivity contribution in [2.75, 3.05) is 24.3 Å². The van der Waals surface area contributed by atoms with Gasteiger partial charge < -0.3 is 15.1 Å². The lowest BCUT2D eigenvalue weighted by molar-refractivity contribution is -0.117. The largest absolute Gasteiger partial charge is 0.378 e. The fraction of sp³-hybridized carbons (Fsp3) is 0.417. The average molecular weight is 392 g/mol. The van der Waals surface area contributed by atoms with Gasteiger partial charge in [-0.25, -0.2) is 0 Å². The van der Waals surface area contributed by atoms with Gasteiger partial charge in [-0.3, -0.25) is 9.59 Å². The van der Waals surface area contributed by atoms with Crippen LogP contribution in [-0.2, 0) is 4.79 Å². The van der Waals surface area contributed by atoms with E-state index in [4.69, 9.17) is 0 Å². The van der Waals surface area contributed by atoms with Crippen LogP contribution in [0.5, 0.6) is 0 Å². The second-order valence-corrected chi connectivity index (χ2v) is 8.53. The third-order valence-corrected chi connectivity index (χ3v) is 6.20. The third kappa shape index (κ3) is 3.61. The Hall–Kier alpha value is -2.82. The predicted molar refractivity (Wildman–Crippen MR) is 116 cm³/mol. The van der Waals surface area contributed by atoms with Gasteiger partial charge in [-0.1, -0.05) is 25.1 Å². The van der Waals surface area contributed by atoms with Crippen molar-refractivity contribution >= 4 is 23.2 Å². The maximum absolute atomic E-state index is 12.5. The molecule has 0 radical (unpaired) electrons. The van der Waals surface area contributed by atoms with Crippen molar-refractivity contribution in [2.24, 2.45) is 11.8 Å². The molecule has 1 heterocycles. The molecule has 2 aliphatic rings. The molecule has 1 fully saturated rings. The summed E-state index contributed by atoms with van der Waals surface area (Å²) in [6.45, 7) is 3.92. The van der Waals surface area contributed by atoms with E-state index in [0.29, 0.717) is 11.5 Å². The smallest absolute Gasteiger partial charge is 0.253 e. The number of para-hydroxylation sites is 1. The molecule has 2 aromatic carbocycles. The highest BCUT2D eigenvalue weighted by Crippen LogP contribution is 2.49. The van der Waals surface area contributed by atoms with E-state index in [9.17, 15) is 9.59 Å². The first-order chi connectivity index (χ1) is 13.9. The molecule has 4 rings (SSSR count). The van der Waals surface area contributed by atoms with E-state index in [0.717, 1.165) is 16.9 Å². The van der Waals surface area contributed by atoms with Gasteiger partial charge in [0, 0.05) is 49.9 Å². The normalized spacial score (nSPS) is 23.3. The van der Waals surface area contributed by atoms with Gasteiger partial charge in [0.2, 0.25) is 5.91 Å². The van der Waals surface area contributed by atoms with E-state index in [2.05, 4.69) is 24.4 Å². The molecule has 1 N–H and O–H groups in total. The van der Waals surface area contributed by atoms with Crippen LogP contribution < -0.4 is 10.2 Å². The molecular formula is C24H29N3O2. The summed E-state index contributed by atoms with van der Waals surface area (Å²) in [5.41, 5.74) is 3.83. The van der Waals surface area contributed by atoms with E-state index in [1.807, 2.05) is 41.3 Å². The maximum atomic E-state index is 12.5. The van der Waals surface area contributed by atoms with Crippen molar-refractivity contribution in [3.05, 3.63) is 59.7 Å². The molecule has 0 unspecified atom stereocenters. The number of nitrogens with one attached hydrogen (secondary N) is 1. The lowest BCUT2D eigenvalue weighted by Crippen LogP contribution is -2.51. The molecule has 1 aliphatic carbocycles. The Kier molecular flexibility index (Phi) is 5.07. The van der Waals surface area contributed by atoms with Gasteiger partial charge in [0.1, 0.15) is 0 Å². The molecule has 0 aromatic heterocycles. The van der Waals surface area contributed by atoms with Gasteiger partial charge in [-0.15, -0.1) is 0 Å². The van der Waals surface area contributed by atoms with Crippen molar-refractivity contribution < 1.29 is 9.59 Å². The fourth-order valence-corrected chi connectivity index (χ4v) is 4.66. The predicted octanol–water partition coefficient (Wildman–Crippen LogP) is 4.32. The number of nitrogens with zero attached hydrogens (tertiary/aromatic N) is 2. The van der Waals surface area contributed by atoms with Gasteiger partial charge in [-0.2, -0.15) is 0 Å². The second kappa shape index (κ2) is 7.54. The number of hydrogen-bond acceptors (Lipinski definition) is 3. The molecule has 1 saturated carbocycles. The number of amides is 2. The summed E-state index contributed by atoms with van der Waals surface area (Å²) >= 11 is 0. The van der Waals surface area contributed by atoms with Crippen LogP contribution in [0, 0.1) is 11.8 Å². The second-order valence-electron chi connectivity index (χ2n) is 8.53. The summed E-state index contributed by atoms with van der Waals surface area (Å²) in [7, 11) is 3.52. The zero-order valence-electron chi connectivity index (χ0n) is 17.6. The van der Waals surface area contributed by atoms with Crippen LogP contribution >= 0.6 is 0 Å². The third-order valence-electron chi connectivity index (χ3n) is 6.20. The van der Waals surface area contributed by atoms with Crippen LogP contribution in [-0.4, -0.2) is 36.9 Å². The van der Waals surface area contributed by atoms with Crippen LogP contribution in [0.2, 0.25) is 0 Å². The highest BCUT2D eigenvalue weighted by molar-refractivity contribution is 5.95.